The number of hydrogen-bond acceptors (Lipinski definition) is 4. The summed E-state index contributed by atoms with van der Waals surface area (Å²) in [5.41, 5.74) is 5.07. The minimum atomic E-state index is -0.947. The van der Waals surface area contributed by atoms with Gasteiger partial charge in [0.05, 0.1) is 12.6 Å². The molecule has 3 unspecified atom stereocenters. The molecule has 3 N–H and O–H groups in total. The molecule has 1 aliphatic heterocycles. The molecule has 0 aromatic rings. The average molecular weight is 297 g/mol. The number of carbonyl (C=O) groups excluding carboxylic acids is 2. The van der Waals surface area contributed by atoms with Gasteiger partial charge in [-0.1, -0.05) is 13.8 Å². The normalized spacial score (nSPS) is 33.0. The number of fused-ring (bicyclic) bond motifs is 1. The van der Waals surface area contributed by atoms with E-state index in [4.69, 9.17) is 10.5 Å². The summed E-state index contributed by atoms with van der Waals surface area (Å²) in [5.74, 6) is -0.260. The van der Waals surface area contributed by atoms with Gasteiger partial charge in [0, 0.05) is 31.0 Å². The largest absolute Gasteiger partial charge is 0.377 e. The number of nitrogens with two attached hydrogens (primary N) is 1. The molecule has 2 amide bonds. The monoisotopic (exact) mass is 297 g/mol. The van der Waals surface area contributed by atoms with Crippen LogP contribution < -0.4 is 11.1 Å². The van der Waals surface area contributed by atoms with Crippen molar-refractivity contribution in [3.63, 3.8) is 0 Å². The van der Waals surface area contributed by atoms with Crippen LogP contribution in [0.4, 0.5) is 0 Å². The lowest BCUT2D eigenvalue weighted by atomic mass is 9.48. The van der Waals surface area contributed by atoms with E-state index in [1.807, 2.05) is 27.7 Å². The van der Waals surface area contributed by atoms with Gasteiger partial charge in [-0.15, -0.1) is 0 Å². The van der Waals surface area contributed by atoms with Crippen molar-refractivity contribution in [2.24, 2.45) is 17.1 Å². The molecule has 1 aliphatic carbocycles. The summed E-state index contributed by atoms with van der Waals surface area (Å²) in [7, 11) is 0. The van der Waals surface area contributed by atoms with E-state index >= 15 is 0 Å². The Morgan fingerprint density at radius 2 is 1.95 bits per heavy atom. The van der Waals surface area contributed by atoms with Crippen molar-refractivity contribution >= 4 is 11.8 Å². The maximum absolute atomic E-state index is 12.5. The topological polar surface area (TPSA) is 84.7 Å². The SMILES string of the molecule is CCN(CC)C(=O)CNC(=O)C1(N)C2CCOC2C1(C)C. The van der Waals surface area contributed by atoms with Crippen LogP contribution in [0.2, 0.25) is 0 Å². The molecule has 2 fully saturated rings. The molecule has 0 bridgehead atoms. The number of rotatable bonds is 5. The van der Waals surface area contributed by atoms with E-state index in [0.29, 0.717) is 19.7 Å². The lowest BCUT2D eigenvalue weighted by molar-refractivity contribution is -0.175. The molecule has 6 nitrogen and oxygen atoms in total. The fraction of sp³-hybridized carbons (Fsp3) is 0.867. The summed E-state index contributed by atoms with van der Waals surface area (Å²) < 4.78 is 5.68. The minimum Gasteiger partial charge on any atom is -0.377 e. The Labute approximate surface area is 126 Å². The molecule has 1 saturated heterocycles. The highest BCUT2D eigenvalue weighted by Gasteiger charge is 2.71. The van der Waals surface area contributed by atoms with E-state index in [-0.39, 0.29) is 30.4 Å². The second-order valence-electron chi connectivity index (χ2n) is 6.53. The number of amides is 2. The Morgan fingerprint density at radius 1 is 1.33 bits per heavy atom. The summed E-state index contributed by atoms with van der Waals surface area (Å²) in [5, 5.41) is 2.73. The molecule has 2 aliphatic rings. The fourth-order valence-corrected chi connectivity index (χ4v) is 3.84. The molecule has 0 radical (unpaired) electrons. The van der Waals surface area contributed by atoms with Crippen LogP contribution in [-0.4, -0.2) is 54.6 Å². The first-order valence-electron chi connectivity index (χ1n) is 7.77. The third-order valence-corrected chi connectivity index (χ3v) is 5.35. The van der Waals surface area contributed by atoms with Gasteiger partial charge in [-0.3, -0.25) is 9.59 Å². The first-order valence-corrected chi connectivity index (χ1v) is 7.77. The third-order valence-electron chi connectivity index (χ3n) is 5.35. The van der Waals surface area contributed by atoms with Crippen LogP contribution in [0.5, 0.6) is 0 Å². The standard InChI is InChI=1S/C15H27N3O3/c1-5-18(6-2)11(19)9-17-13(20)15(16)10-7-8-21-12(10)14(15,3)4/h10,12H,5-9,16H2,1-4H3,(H,17,20). The van der Waals surface area contributed by atoms with Gasteiger partial charge in [0.2, 0.25) is 11.8 Å². The van der Waals surface area contributed by atoms with Crippen LogP contribution in [0.25, 0.3) is 0 Å². The summed E-state index contributed by atoms with van der Waals surface area (Å²) in [6.45, 7) is 9.71. The second kappa shape index (κ2) is 5.57. The Balaban J connectivity index is 1.99. The number of nitrogens with one attached hydrogen (secondary N) is 1. The molecule has 0 aromatic heterocycles. The van der Waals surface area contributed by atoms with Crippen LogP contribution in [0.1, 0.15) is 34.1 Å². The molecule has 3 atom stereocenters. The predicted molar refractivity (Wildman–Crippen MR) is 79.5 cm³/mol. The van der Waals surface area contributed by atoms with E-state index in [1.165, 1.54) is 0 Å². The summed E-state index contributed by atoms with van der Waals surface area (Å²) in [6.07, 6.45) is 0.855. The first kappa shape index (κ1) is 16.2. The van der Waals surface area contributed by atoms with Crippen LogP contribution in [0.15, 0.2) is 0 Å². The lowest BCUT2D eigenvalue weighted by Gasteiger charge is -2.60. The van der Waals surface area contributed by atoms with Gasteiger partial charge in [0.25, 0.3) is 0 Å². The number of hydrogen-bond donors (Lipinski definition) is 2. The smallest absolute Gasteiger partial charge is 0.241 e. The molecule has 0 aromatic carbocycles. The highest BCUT2D eigenvalue weighted by molar-refractivity contribution is 5.92. The van der Waals surface area contributed by atoms with Crippen LogP contribution in [-0.2, 0) is 14.3 Å². The number of likely N-dealkylation sites (N-methyl/N-ethyl adjacent to an activating group) is 1. The molecule has 120 valence electrons. The van der Waals surface area contributed by atoms with Crippen molar-refractivity contribution in [3.05, 3.63) is 0 Å². The van der Waals surface area contributed by atoms with Crippen molar-refractivity contribution in [2.75, 3.05) is 26.2 Å². The molecular weight excluding hydrogens is 270 g/mol. The first-order chi connectivity index (χ1) is 9.80. The van der Waals surface area contributed by atoms with Gasteiger partial charge in [-0.25, -0.2) is 0 Å². The van der Waals surface area contributed by atoms with Gasteiger partial charge < -0.3 is 20.7 Å². The molecule has 1 saturated carbocycles. The predicted octanol–water partition coefficient (Wildman–Crippen LogP) is 0.113. The van der Waals surface area contributed by atoms with Crippen LogP contribution >= 0.6 is 0 Å². The molecule has 2 rings (SSSR count). The van der Waals surface area contributed by atoms with E-state index in [0.717, 1.165) is 6.42 Å². The Kier molecular flexibility index (Phi) is 4.31. The van der Waals surface area contributed by atoms with E-state index in [1.54, 1.807) is 4.90 Å². The molecule has 1 heterocycles. The minimum absolute atomic E-state index is 0.00773. The van der Waals surface area contributed by atoms with E-state index in [2.05, 4.69) is 5.32 Å². The van der Waals surface area contributed by atoms with Gasteiger partial charge in [0.1, 0.15) is 5.54 Å². The quantitative estimate of drug-likeness (QED) is 0.754. The number of carbonyl (C=O) groups is 2. The van der Waals surface area contributed by atoms with Gasteiger partial charge in [0.15, 0.2) is 0 Å². The second-order valence-corrected chi connectivity index (χ2v) is 6.53. The van der Waals surface area contributed by atoms with E-state index < -0.39 is 11.0 Å². The van der Waals surface area contributed by atoms with Crippen molar-refractivity contribution in [1.29, 1.82) is 0 Å². The van der Waals surface area contributed by atoms with Crippen molar-refractivity contribution in [3.8, 4) is 0 Å². The molecule has 0 spiro atoms. The third kappa shape index (κ3) is 2.25. The average Bonchev–Trinajstić information content (AvgIpc) is 2.93. The highest BCUT2D eigenvalue weighted by atomic mass is 16.5. The van der Waals surface area contributed by atoms with Crippen molar-refractivity contribution in [1.82, 2.24) is 10.2 Å². The van der Waals surface area contributed by atoms with Gasteiger partial charge in [-0.2, -0.15) is 0 Å². The summed E-state index contributed by atoms with van der Waals surface area (Å²) in [4.78, 5) is 26.2. The Hall–Kier alpha value is -1.14. The zero-order valence-electron chi connectivity index (χ0n) is 13.4. The Morgan fingerprint density at radius 3 is 2.52 bits per heavy atom. The number of nitrogens with zero attached hydrogens (tertiary/aromatic N) is 1. The highest BCUT2D eigenvalue weighted by Crippen LogP contribution is 2.58. The summed E-state index contributed by atoms with van der Waals surface area (Å²) in [6, 6.07) is 0. The maximum atomic E-state index is 12.5. The maximum Gasteiger partial charge on any atom is 0.241 e. The van der Waals surface area contributed by atoms with Crippen molar-refractivity contribution < 1.29 is 14.3 Å². The molecule has 6 heteroatoms. The fourth-order valence-electron chi connectivity index (χ4n) is 3.84. The number of ether oxygens (including phenoxy) is 1. The zero-order chi connectivity index (χ0) is 15.8. The lowest BCUT2D eigenvalue weighted by Crippen LogP contribution is -2.80. The molecular formula is C15H27N3O3. The molecule has 21 heavy (non-hydrogen) atoms. The summed E-state index contributed by atoms with van der Waals surface area (Å²) >= 11 is 0. The zero-order valence-corrected chi connectivity index (χ0v) is 13.4. The van der Waals surface area contributed by atoms with Gasteiger partial charge in [-0.05, 0) is 20.3 Å². The van der Waals surface area contributed by atoms with Crippen LogP contribution in [0.3, 0.4) is 0 Å². The van der Waals surface area contributed by atoms with Crippen molar-refractivity contribution in [2.45, 2.75) is 45.8 Å². The Bertz CT molecular complexity index is 434. The van der Waals surface area contributed by atoms with E-state index in [9.17, 15) is 9.59 Å². The van der Waals surface area contributed by atoms with Crippen LogP contribution in [0, 0.1) is 11.3 Å². The van der Waals surface area contributed by atoms with Gasteiger partial charge >= 0.3 is 0 Å².